The Labute approximate surface area is 154 Å². The number of ether oxygens (including phenoxy) is 1. The molecular formula is C21H25NO4. The molecule has 5 heteroatoms. The molecular weight excluding hydrogens is 330 g/mol. The van der Waals surface area contributed by atoms with Crippen LogP contribution in [0.25, 0.3) is 0 Å². The Morgan fingerprint density at radius 1 is 1.15 bits per heavy atom. The third kappa shape index (κ3) is 5.09. The smallest absolute Gasteiger partial charge is 0.306 e. The minimum atomic E-state index is -1.02. The van der Waals surface area contributed by atoms with Gasteiger partial charge in [0.2, 0.25) is 5.91 Å². The predicted molar refractivity (Wildman–Crippen MR) is 100 cm³/mol. The van der Waals surface area contributed by atoms with Crippen molar-refractivity contribution >= 4 is 11.9 Å². The predicted octanol–water partition coefficient (Wildman–Crippen LogP) is 3.70. The lowest BCUT2D eigenvalue weighted by Crippen LogP contribution is -2.45. The lowest BCUT2D eigenvalue weighted by Gasteiger charge is -2.31. The van der Waals surface area contributed by atoms with E-state index in [9.17, 15) is 14.7 Å². The first kappa shape index (κ1) is 19.5. The van der Waals surface area contributed by atoms with Crippen molar-refractivity contribution in [3.63, 3.8) is 0 Å². The van der Waals surface area contributed by atoms with Gasteiger partial charge in [-0.05, 0) is 36.1 Å². The zero-order chi connectivity index (χ0) is 19.2. The topological polar surface area (TPSA) is 75.6 Å². The van der Waals surface area contributed by atoms with Gasteiger partial charge in [0.15, 0.2) is 0 Å². The van der Waals surface area contributed by atoms with Gasteiger partial charge in [-0.1, -0.05) is 49.4 Å². The van der Waals surface area contributed by atoms with Gasteiger partial charge < -0.3 is 15.2 Å². The zero-order valence-corrected chi connectivity index (χ0v) is 15.4. The molecule has 2 rings (SSSR count). The molecule has 2 N–H and O–H groups in total. The van der Waals surface area contributed by atoms with Crippen molar-refractivity contribution < 1.29 is 19.4 Å². The molecule has 0 aromatic heterocycles. The number of nitrogens with one attached hydrogen (secondary N) is 1. The molecule has 0 aliphatic rings. The van der Waals surface area contributed by atoms with Crippen LogP contribution in [0.4, 0.5) is 0 Å². The molecule has 26 heavy (non-hydrogen) atoms. The Kier molecular flexibility index (Phi) is 6.39. The van der Waals surface area contributed by atoms with Gasteiger partial charge in [-0.15, -0.1) is 0 Å². The normalized spacial score (nSPS) is 14.1. The van der Waals surface area contributed by atoms with Gasteiger partial charge in [0.25, 0.3) is 0 Å². The molecule has 0 saturated heterocycles. The van der Waals surface area contributed by atoms with Gasteiger partial charge in [0.1, 0.15) is 5.75 Å². The number of carboxylic acid groups (broad SMARTS) is 1. The molecule has 2 unspecified atom stereocenters. The van der Waals surface area contributed by atoms with Gasteiger partial charge in [0.05, 0.1) is 19.1 Å². The maximum atomic E-state index is 12.6. The summed E-state index contributed by atoms with van der Waals surface area (Å²) in [6, 6.07) is 16.9. The van der Waals surface area contributed by atoms with Crippen molar-refractivity contribution in [3.05, 3.63) is 65.7 Å². The first-order valence-electron chi connectivity index (χ1n) is 8.56. The highest BCUT2D eigenvalue weighted by atomic mass is 16.5. The first-order chi connectivity index (χ1) is 12.3. The minimum Gasteiger partial charge on any atom is -0.497 e. The van der Waals surface area contributed by atoms with E-state index in [4.69, 9.17) is 4.74 Å². The number of carboxylic acids is 1. The van der Waals surface area contributed by atoms with Gasteiger partial charge >= 0.3 is 5.97 Å². The lowest BCUT2D eigenvalue weighted by molar-refractivity contribution is -0.139. The summed E-state index contributed by atoms with van der Waals surface area (Å²) in [7, 11) is 1.55. The van der Waals surface area contributed by atoms with Gasteiger partial charge in [-0.2, -0.15) is 0 Å². The van der Waals surface area contributed by atoms with Crippen LogP contribution in [0.5, 0.6) is 5.75 Å². The number of methoxy groups -OCH3 is 1. The molecule has 0 spiro atoms. The largest absolute Gasteiger partial charge is 0.497 e. The number of carbonyl (C=O) groups is 2. The maximum Gasteiger partial charge on any atom is 0.306 e. The van der Waals surface area contributed by atoms with E-state index >= 15 is 0 Å². The van der Waals surface area contributed by atoms with Crippen LogP contribution in [0.15, 0.2) is 54.6 Å². The van der Waals surface area contributed by atoms with Crippen LogP contribution in [0.1, 0.15) is 43.7 Å². The lowest BCUT2D eigenvalue weighted by atomic mass is 9.87. The Balaban J connectivity index is 2.18. The molecule has 5 nitrogen and oxygen atoms in total. The Hall–Kier alpha value is -2.82. The van der Waals surface area contributed by atoms with E-state index in [-0.39, 0.29) is 24.7 Å². The van der Waals surface area contributed by atoms with Crippen LogP contribution in [0.2, 0.25) is 0 Å². The number of amides is 1. The summed E-state index contributed by atoms with van der Waals surface area (Å²) in [6.07, 6.45) is 0.0643. The van der Waals surface area contributed by atoms with E-state index in [1.165, 1.54) is 0 Å². The fourth-order valence-electron chi connectivity index (χ4n) is 3.02. The van der Waals surface area contributed by atoms with Crippen molar-refractivity contribution in [1.29, 1.82) is 0 Å². The highest BCUT2D eigenvalue weighted by Crippen LogP contribution is 2.29. The van der Waals surface area contributed by atoms with Gasteiger partial charge in [-0.25, -0.2) is 0 Å². The van der Waals surface area contributed by atoms with Gasteiger partial charge in [-0.3, -0.25) is 9.59 Å². The maximum absolute atomic E-state index is 12.6. The summed E-state index contributed by atoms with van der Waals surface area (Å²) >= 11 is 0. The summed E-state index contributed by atoms with van der Waals surface area (Å²) in [5.74, 6) is -0.513. The van der Waals surface area contributed by atoms with Crippen LogP contribution in [-0.4, -0.2) is 24.1 Å². The quantitative estimate of drug-likeness (QED) is 0.757. The summed E-state index contributed by atoms with van der Waals surface area (Å²) in [4.78, 5) is 24.0. The van der Waals surface area contributed by atoms with E-state index in [1.54, 1.807) is 38.3 Å². The van der Waals surface area contributed by atoms with Crippen LogP contribution < -0.4 is 10.1 Å². The van der Waals surface area contributed by atoms with Crippen molar-refractivity contribution in [2.45, 2.75) is 38.1 Å². The SMILES string of the molecule is COc1cccc(C(C)(CC(=O)O)NC(=O)CC(C)c2ccccc2)c1. The van der Waals surface area contributed by atoms with Crippen LogP contribution in [-0.2, 0) is 15.1 Å². The number of hydrogen-bond acceptors (Lipinski definition) is 3. The average Bonchev–Trinajstić information content (AvgIpc) is 2.61. The molecule has 0 radical (unpaired) electrons. The fourth-order valence-corrected chi connectivity index (χ4v) is 3.02. The molecule has 2 aromatic rings. The molecule has 138 valence electrons. The highest BCUT2D eigenvalue weighted by Gasteiger charge is 2.32. The third-order valence-corrected chi connectivity index (χ3v) is 4.49. The van der Waals surface area contributed by atoms with Crippen molar-refractivity contribution in [3.8, 4) is 5.75 Å². The standard InChI is InChI=1S/C21H25NO4/c1-15(16-8-5-4-6-9-16)12-19(23)22-21(2,14-20(24)25)17-10-7-11-18(13-17)26-3/h4-11,13,15H,12,14H2,1-3H3,(H,22,23)(H,24,25). The van der Waals surface area contributed by atoms with E-state index in [0.29, 0.717) is 11.3 Å². The van der Waals surface area contributed by atoms with Crippen molar-refractivity contribution in [2.75, 3.05) is 7.11 Å². The molecule has 2 atom stereocenters. The van der Waals surface area contributed by atoms with E-state index in [2.05, 4.69) is 5.32 Å². The van der Waals surface area contributed by atoms with Crippen LogP contribution in [0, 0.1) is 0 Å². The summed E-state index contributed by atoms with van der Waals surface area (Å²) in [6.45, 7) is 3.70. The van der Waals surface area contributed by atoms with Crippen LogP contribution in [0.3, 0.4) is 0 Å². The molecule has 0 saturated carbocycles. The monoisotopic (exact) mass is 355 g/mol. The summed E-state index contributed by atoms with van der Waals surface area (Å²) < 4.78 is 5.22. The fraction of sp³-hybridized carbons (Fsp3) is 0.333. The summed E-state index contributed by atoms with van der Waals surface area (Å²) in [5, 5.41) is 12.2. The number of aliphatic carboxylic acids is 1. The number of hydrogen-bond donors (Lipinski definition) is 2. The highest BCUT2D eigenvalue weighted by molar-refractivity contribution is 5.79. The number of benzene rings is 2. The number of carbonyl (C=O) groups excluding carboxylic acids is 1. The Bertz CT molecular complexity index is 760. The summed E-state index contributed by atoms with van der Waals surface area (Å²) in [5.41, 5.74) is 0.748. The minimum absolute atomic E-state index is 0.0376. The molecule has 2 aromatic carbocycles. The van der Waals surface area contributed by atoms with E-state index < -0.39 is 11.5 Å². The average molecular weight is 355 g/mol. The number of rotatable bonds is 8. The van der Waals surface area contributed by atoms with E-state index in [1.807, 2.05) is 37.3 Å². The Morgan fingerprint density at radius 3 is 2.46 bits per heavy atom. The Morgan fingerprint density at radius 2 is 1.85 bits per heavy atom. The van der Waals surface area contributed by atoms with Crippen molar-refractivity contribution in [1.82, 2.24) is 5.32 Å². The zero-order valence-electron chi connectivity index (χ0n) is 15.4. The third-order valence-electron chi connectivity index (χ3n) is 4.49. The second-order valence-corrected chi connectivity index (χ2v) is 6.70. The molecule has 1 amide bonds. The van der Waals surface area contributed by atoms with Crippen molar-refractivity contribution in [2.24, 2.45) is 0 Å². The molecule has 0 aliphatic carbocycles. The molecule has 0 aliphatic heterocycles. The molecule has 0 heterocycles. The second kappa shape index (κ2) is 8.52. The van der Waals surface area contributed by atoms with E-state index in [0.717, 1.165) is 5.56 Å². The molecule has 0 fully saturated rings. The first-order valence-corrected chi connectivity index (χ1v) is 8.56. The van der Waals surface area contributed by atoms with Gasteiger partial charge in [0, 0.05) is 6.42 Å². The molecule has 0 bridgehead atoms. The van der Waals surface area contributed by atoms with Crippen LogP contribution >= 0.6 is 0 Å². The second-order valence-electron chi connectivity index (χ2n) is 6.70.